The van der Waals surface area contributed by atoms with Crippen LogP contribution in [-0.2, 0) is 9.47 Å². The normalized spacial score (nSPS) is 24.4. The second kappa shape index (κ2) is 9.22. The zero-order valence-electron chi connectivity index (χ0n) is 14.5. The average molecular weight is 369 g/mol. The number of ether oxygens (including phenoxy) is 3. The maximum atomic E-state index is 6.03. The van der Waals surface area contributed by atoms with E-state index in [2.05, 4.69) is 20.2 Å². The Labute approximate surface area is 153 Å². The van der Waals surface area contributed by atoms with E-state index in [1.807, 2.05) is 0 Å². The van der Waals surface area contributed by atoms with Gasteiger partial charge >= 0.3 is 0 Å². The summed E-state index contributed by atoms with van der Waals surface area (Å²) in [6, 6.07) is 3.54. The van der Waals surface area contributed by atoms with Crippen molar-refractivity contribution in [1.29, 1.82) is 0 Å². The van der Waals surface area contributed by atoms with Crippen LogP contribution in [0.1, 0.15) is 12.8 Å². The van der Waals surface area contributed by atoms with Gasteiger partial charge in [-0.2, -0.15) is 0 Å². The van der Waals surface area contributed by atoms with Crippen molar-refractivity contribution in [3.8, 4) is 5.88 Å². The number of hydrogen-bond donors (Lipinski definition) is 1. The van der Waals surface area contributed by atoms with Crippen LogP contribution >= 0.6 is 11.6 Å². The van der Waals surface area contributed by atoms with E-state index >= 15 is 0 Å². The van der Waals surface area contributed by atoms with E-state index in [1.165, 1.54) is 0 Å². The Morgan fingerprint density at radius 3 is 3.08 bits per heavy atom. The maximum Gasteiger partial charge on any atom is 0.232 e. The van der Waals surface area contributed by atoms with Crippen molar-refractivity contribution >= 4 is 17.6 Å². The summed E-state index contributed by atoms with van der Waals surface area (Å²) >= 11 is 6.03. The Morgan fingerprint density at radius 2 is 2.32 bits per heavy atom. The highest BCUT2D eigenvalue weighted by atomic mass is 35.5. The summed E-state index contributed by atoms with van der Waals surface area (Å²) in [5.41, 5.74) is 0. The molecular formula is C17H25ClN4O3. The third-order valence-electron chi connectivity index (χ3n) is 4.33. The summed E-state index contributed by atoms with van der Waals surface area (Å²) in [6.45, 7) is 4.19. The Morgan fingerprint density at radius 1 is 1.44 bits per heavy atom. The molecule has 2 unspecified atom stereocenters. The van der Waals surface area contributed by atoms with Crippen molar-refractivity contribution < 1.29 is 14.2 Å². The zero-order valence-corrected chi connectivity index (χ0v) is 15.2. The summed E-state index contributed by atoms with van der Waals surface area (Å²) < 4.78 is 17.2. The van der Waals surface area contributed by atoms with Crippen molar-refractivity contribution in [2.75, 3.05) is 46.5 Å². The lowest BCUT2D eigenvalue weighted by Crippen LogP contribution is -2.53. The van der Waals surface area contributed by atoms with Gasteiger partial charge in [-0.3, -0.25) is 4.99 Å². The molecule has 0 spiro atoms. The van der Waals surface area contributed by atoms with Crippen molar-refractivity contribution in [1.82, 2.24) is 15.2 Å². The van der Waals surface area contributed by atoms with Gasteiger partial charge in [-0.1, -0.05) is 11.6 Å². The first-order valence-corrected chi connectivity index (χ1v) is 9.08. The van der Waals surface area contributed by atoms with E-state index in [4.69, 9.17) is 25.8 Å². The first kappa shape index (κ1) is 18.2. The van der Waals surface area contributed by atoms with Crippen molar-refractivity contribution in [3.05, 3.63) is 23.4 Å². The minimum atomic E-state index is 0.110. The molecule has 3 rings (SSSR count). The summed E-state index contributed by atoms with van der Waals surface area (Å²) in [6.07, 6.45) is 4.16. The molecule has 2 aliphatic heterocycles. The van der Waals surface area contributed by atoms with Crippen molar-refractivity contribution in [2.24, 2.45) is 4.99 Å². The molecule has 1 aromatic heterocycles. The van der Waals surface area contributed by atoms with E-state index in [9.17, 15) is 0 Å². The fourth-order valence-electron chi connectivity index (χ4n) is 3.11. The highest BCUT2D eigenvalue weighted by Gasteiger charge is 2.32. The van der Waals surface area contributed by atoms with E-state index in [-0.39, 0.29) is 12.2 Å². The standard InChI is InChI=1S/C17H25ClN4O3/c1-19-17(21-7-10-25-16-13(18)4-2-6-20-16)22-8-11-24-15(12-22)14-5-3-9-23-14/h2,4,6,14-15H,3,5,7-12H2,1H3,(H,19,21). The van der Waals surface area contributed by atoms with E-state index < -0.39 is 0 Å². The fraction of sp³-hybridized carbons (Fsp3) is 0.647. The molecule has 2 saturated heterocycles. The lowest BCUT2D eigenvalue weighted by atomic mass is 10.1. The Kier molecular flexibility index (Phi) is 6.72. The Bertz CT molecular complexity index is 581. The number of nitrogens with zero attached hydrogens (tertiary/aromatic N) is 3. The van der Waals surface area contributed by atoms with Crippen LogP contribution in [0.25, 0.3) is 0 Å². The molecule has 3 heterocycles. The molecule has 2 aliphatic rings. The first-order chi connectivity index (χ1) is 12.3. The number of pyridine rings is 1. The molecule has 1 N–H and O–H groups in total. The van der Waals surface area contributed by atoms with Gasteiger partial charge in [-0.15, -0.1) is 0 Å². The monoisotopic (exact) mass is 368 g/mol. The van der Waals surface area contributed by atoms with E-state index in [0.29, 0.717) is 30.7 Å². The number of hydrogen-bond acceptors (Lipinski definition) is 5. The van der Waals surface area contributed by atoms with Crippen LogP contribution in [0.4, 0.5) is 0 Å². The third-order valence-corrected chi connectivity index (χ3v) is 4.62. The molecule has 2 fully saturated rings. The number of guanidine groups is 1. The van der Waals surface area contributed by atoms with Gasteiger partial charge in [-0.05, 0) is 25.0 Å². The van der Waals surface area contributed by atoms with Gasteiger partial charge in [0.1, 0.15) is 17.7 Å². The summed E-state index contributed by atoms with van der Waals surface area (Å²) in [5, 5.41) is 3.84. The van der Waals surface area contributed by atoms with E-state index in [0.717, 1.165) is 38.5 Å². The number of aliphatic imine (C=N–C) groups is 1. The van der Waals surface area contributed by atoms with Crippen LogP contribution in [0, 0.1) is 0 Å². The number of aromatic nitrogens is 1. The first-order valence-electron chi connectivity index (χ1n) is 8.70. The molecule has 2 atom stereocenters. The van der Waals surface area contributed by atoms with Gasteiger partial charge in [0.15, 0.2) is 5.96 Å². The predicted octanol–water partition coefficient (Wildman–Crippen LogP) is 1.57. The molecule has 0 radical (unpaired) electrons. The molecule has 7 nitrogen and oxygen atoms in total. The maximum absolute atomic E-state index is 6.03. The van der Waals surface area contributed by atoms with Crippen LogP contribution < -0.4 is 10.1 Å². The molecule has 138 valence electrons. The number of halogens is 1. The second-order valence-electron chi connectivity index (χ2n) is 6.02. The average Bonchev–Trinajstić information content (AvgIpc) is 3.18. The highest BCUT2D eigenvalue weighted by Crippen LogP contribution is 2.21. The van der Waals surface area contributed by atoms with Gasteiger partial charge < -0.3 is 24.4 Å². The number of morpholine rings is 1. The zero-order chi connectivity index (χ0) is 17.5. The molecule has 0 amide bonds. The van der Waals surface area contributed by atoms with Crippen LogP contribution in [0.5, 0.6) is 5.88 Å². The Balaban J connectivity index is 1.45. The van der Waals surface area contributed by atoms with Crippen LogP contribution in [0.15, 0.2) is 23.3 Å². The molecule has 8 heteroatoms. The van der Waals surface area contributed by atoms with Gasteiger partial charge in [-0.25, -0.2) is 4.98 Å². The van der Waals surface area contributed by atoms with Crippen LogP contribution in [-0.4, -0.2) is 74.6 Å². The molecule has 25 heavy (non-hydrogen) atoms. The lowest BCUT2D eigenvalue weighted by molar-refractivity contribution is -0.0817. The molecule has 0 bridgehead atoms. The molecule has 0 aromatic carbocycles. The summed E-state index contributed by atoms with van der Waals surface area (Å²) in [7, 11) is 1.79. The molecular weight excluding hydrogens is 344 g/mol. The Hall–Kier alpha value is -1.57. The fourth-order valence-corrected chi connectivity index (χ4v) is 3.28. The molecule has 1 aromatic rings. The van der Waals surface area contributed by atoms with Crippen LogP contribution in [0.3, 0.4) is 0 Å². The highest BCUT2D eigenvalue weighted by molar-refractivity contribution is 6.31. The third kappa shape index (κ3) is 4.96. The van der Waals surface area contributed by atoms with Crippen LogP contribution in [0.2, 0.25) is 5.02 Å². The molecule has 0 aliphatic carbocycles. The van der Waals surface area contributed by atoms with E-state index in [1.54, 1.807) is 25.4 Å². The quantitative estimate of drug-likeness (QED) is 0.483. The molecule has 0 saturated carbocycles. The summed E-state index contributed by atoms with van der Waals surface area (Å²) in [5.74, 6) is 1.30. The predicted molar refractivity (Wildman–Crippen MR) is 96.4 cm³/mol. The number of rotatable bonds is 5. The van der Waals surface area contributed by atoms with Gasteiger partial charge in [0, 0.05) is 32.9 Å². The van der Waals surface area contributed by atoms with Crippen molar-refractivity contribution in [2.45, 2.75) is 25.0 Å². The lowest BCUT2D eigenvalue weighted by Gasteiger charge is -2.37. The summed E-state index contributed by atoms with van der Waals surface area (Å²) in [4.78, 5) is 10.7. The minimum Gasteiger partial charge on any atom is -0.475 e. The smallest absolute Gasteiger partial charge is 0.232 e. The number of nitrogens with one attached hydrogen (secondary N) is 1. The van der Waals surface area contributed by atoms with Gasteiger partial charge in [0.25, 0.3) is 0 Å². The van der Waals surface area contributed by atoms with Gasteiger partial charge in [0.05, 0.1) is 19.3 Å². The largest absolute Gasteiger partial charge is 0.475 e. The second-order valence-corrected chi connectivity index (χ2v) is 6.43. The van der Waals surface area contributed by atoms with Crippen molar-refractivity contribution in [3.63, 3.8) is 0 Å². The minimum absolute atomic E-state index is 0.110. The van der Waals surface area contributed by atoms with Gasteiger partial charge in [0.2, 0.25) is 5.88 Å². The SMILES string of the molecule is CN=C(NCCOc1ncccc1Cl)N1CCOC(C2CCCO2)C1. The topological polar surface area (TPSA) is 68.2 Å².